The minimum absolute atomic E-state index is 0.00678. The second-order valence-electron chi connectivity index (χ2n) is 9.66. The predicted molar refractivity (Wildman–Crippen MR) is 147 cm³/mol. The number of carboxylic acid groups (broad SMARTS) is 1. The lowest BCUT2D eigenvalue weighted by Gasteiger charge is -2.28. The van der Waals surface area contributed by atoms with Gasteiger partial charge in [0.15, 0.2) is 5.96 Å². The van der Waals surface area contributed by atoms with Gasteiger partial charge < -0.3 is 37.8 Å². The molecule has 10 N–H and O–H groups in total. The SMILES string of the molecule is CC(C)[C@@H]1NC(=O)[C@@H](Cc2ccccc2)NC(=O)N(CC(=O)O)NC(=O)CNC(=O)[C@H](CCCN=C(N)N)NC1=O. The second-order valence-corrected chi connectivity index (χ2v) is 9.66. The van der Waals surface area contributed by atoms with Crippen LogP contribution in [0.25, 0.3) is 0 Å². The van der Waals surface area contributed by atoms with E-state index in [1.165, 1.54) is 0 Å². The number of nitrogens with two attached hydrogens (primary N) is 2. The number of nitrogens with one attached hydrogen (secondary N) is 5. The third-order valence-corrected chi connectivity index (χ3v) is 5.94. The molecule has 1 fully saturated rings. The number of carboxylic acids is 1. The number of aliphatic imine (C=N–C) groups is 1. The van der Waals surface area contributed by atoms with Gasteiger partial charge in [-0.05, 0) is 24.3 Å². The van der Waals surface area contributed by atoms with Gasteiger partial charge in [0.1, 0.15) is 24.7 Å². The zero-order valence-electron chi connectivity index (χ0n) is 22.9. The Bertz CT molecular complexity index is 1140. The predicted octanol–water partition coefficient (Wildman–Crippen LogP) is -2.47. The van der Waals surface area contributed by atoms with Crippen molar-refractivity contribution in [2.24, 2.45) is 22.4 Å². The van der Waals surface area contributed by atoms with Crippen LogP contribution >= 0.6 is 0 Å². The summed E-state index contributed by atoms with van der Waals surface area (Å²) in [6.07, 6.45) is 0.384. The summed E-state index contributed by atoms with van der Waals surface area (Å²) in [5.41, 5.74) is 13.5. The molecule has 16 heteroatoms. The Morgan fingerprint density at radius 1 is 1.00 bits per heavy atom. The van der Waals surface area contributed by atoms with Gasteiger partial charge in [0.2, 0.25) is 17.7 Å². The first-order valence-electron chi connectivity index (χ1n) is 12.9. The highest BCUT2D eigenvalue weighted by molar-refractivity contribution is 5.96. The first-order valence-corrected chi connectivity index (χ1v) is 12.9. The van der Waals surface area contributed by atoms with Crippen LogP contribution in [0, 0.1) is 5.92 Å². The van der Waals surface area contributed by atoms with Crippen molar-refractivity contribution in [1.29, 1.82) is 0 Å². The highest BCUT2D eigenvalue weighted by Crippen LogP contribution is 2.09. The van der Waals surface area contributed by atoms with Gasteiger partial charge in [-0.2, -0.15) is 0 Å². The molecule has 0 saturated carbocycles. The van der Waals surface area contributed by atoms with Crippen LogP contribution < -0.4 is 38.2 Å². The molecule has 0 aromatic heterocycles. The highest BCUT2D eigenvalue weighted by atomic mass is 16.4. The normalized spacial score (nSPS) is 20.9. The van der Waals surface area contributed by atoms with E-state index in [1.54, 1.807) is 44.2 Å². The van der Waals surface area contributed by atoms with Gasteiger partial charge in [0, 0.05) is 13.0 Å². The van der Waals surface area contributed by atoms with Crippen LogP contribution in [0.1, 0.15) is 32.3 Å². The van der Waals surface area contributed by atoms with Crippen LogP contribution in [0.15, 0.2) is 35.3 Å². The van der Waals surface area contributed by atoms with Crippen molar-refractivity contribution >= 4 is 41.6 Å². The lowest BCUT2D eigenvalue weighted by molar-refractivity contribution is -0.139. The van der Waals surface area contributed by atoms with E-state index in [1.807, 2.05) is 0 Å². The number of carbonyl (C=O) groups excluding carboxylic acids is 5. The third-order valence-electron chi connectivity index (χ3n) is 5.94. The Hall–Kier alpha value is -4.89. The summed E-state index contributed by atoms with van der Waals surface area (Å²) in [5.74, 6) is -5.05. The zero-order chi connectivity index (χ0) is 30.5. The first-order chi connectivity index (χ1) is 19.4. The van der Waals surface area contributed by atoms with Gasteiger partial charge in [-0.1, -0.05) is 44.2 Å². The fourth-order valence-corrected chi connectivity index (χ4v) is 3.89. The molecule has 0 spiro atoms. The fourth-order valence-electron chi connectivity index (χ4n) is 3.89. The molecule has 3 atom stereocenters. The average molecular weight is 576 g/mol. The Kier molecular flexibility index (Phi) is 12.3. The molecule has 1 aliphatic rings. The Balaban J connectivity index is 2.43. The van der Waals surface area contributed by atoms with E-state index < -0.39 is 72.8 Å². The molecule has 1 aromatic rings. The van der Waals surface area contributed by atoms with E-state index >= 15 is 0 Å². The van der Waals surface area contributed by atoms with Crippen LogP contribution in [0.2, 0.25) is 0 Å². The van der Waals surface area contributed by atoms with Gasteiger partial charge in [-0.15, -0.1) is 0 Å². The number of amides is 6. The third kappa shape index (κ3) is 11.0. The van der Waals surface area contributed by atoms with Gasteiger partial charge >= 0.3 is 12.0 Å². The van der Waals surface area contributed by atoms with Gasteiger partial charge in [-0.3, -0.25) is 34.4 Å². The van der Waals surface area contributed by atoms with Crippen LogP contribution in [-0.4, -0.2) is 89.5 Å². The maximum Gasteiger partial charge on any atom is 0.337 e. The largest absolute Gasteiger partial charge is 0.480 e. The second kappa shape index (κ2) is 15.6. The zero-order valence-corrected chi connectivity index (χ0v) is 22.9. The average Bonchev–Trinajstić information content (AvgIpc) is 2.90. The molecule has 16 nitrogen and oxygen atoms in total. The number of benzene rings is 1. The van der Waals surface area contributed by atoms with E-state index in [9.17, 15) is 33.9 Å². The number of aliphatic carboxylic acids is 1. The minimum Gasteiger partial charge on any atom is -0.480 e. The van der Waals surface area contributed by atoms with Crippen molar-refractivity contribution in [3.05, 3.63) is 35.9 Å². The van der Waals surface area contributed by atoms with Crippen LogP contribution in [0.5, 0.6) is 0 Å². The lowest BCUT2D eigenvalue weighted by atomic mass is 10.00. The molecule has 6 amide bonds. The summed E-state index contributed by atoms with van der Waals surface area (Å²) < 4.78 is 0. The standard InChI is InChI=1S/C25H37N9O7/c1-14(2)20-23(40)30-16(9-6-10-28-24(26)27)21(38)29-12-18(35)33-34(13-19(36)37)25(41)31-17(22(39)32-20)11-15-7-4-3-5-8-15/h3-5,7-8,14,16-17,20H,6,9-13H2,1-2H3,(H,29,38)(H,30,40)(H,31,41)(H,32,39)(H,33,35)(H,36,37)(H4,26,27,28)/t16-,17+,20-/m0/s1. The molecule has 41 heavy (non-hydrogen) atoms. The number of carbonyl (C=O) groups is 6. The molecule has 0 aliphatic carbocycles. The smallest absolute Gasteiger partial charge is 0.337 e. The summed E-state index contributed by atoms with van der Waals surface area (Å²) in [6.45, 7) is 1.98. The molecule has 0 bridgehead atoms. The van der Waals surface area contributed by atoms with Crippen molar-refractivity contribution in [3.63, 3.8) is 0 Å². The Morgan fingerprint density at radius 3 is 2.29 bits per heavy atom. The number of guanidine groups is 1. The van der Waals surface area contributed by atoms with Gasteiger partial charge in [0.25, 0.3) is 5.91 Å². The maximum atomic E-state index is 13.4. The van der Waals surface area contributed by atoms with Crippen molar-refractivity contribution in [2.45, 2.75) is 51.2 Å². The summed E-state index contributed by atoms with van der Waals surface area (Å²) >= 11 is 0. The fraction of sp³-hybridized carbons (Fsp3) is 0.480. The Labute approximate surface area is 236 Å². The molecule has 0 radical (unpaired) electrons. The summed E-state index contributed by atoms with van der Waals surface area (Å²) in [5, 5.41) is 19.8. The number of urea groups is 1. The number of hydrazine groups is 1. The number of rotatable bonds is 9. The minimum atomic E-state index is -1.44. The van der Waals surface area contributed by atoms with Gasteiger partial charge in [0.05, 0.1) is 6.54 Å². The topological polar surface area (TPSA) is 250 Å². The molecule has 224 valence electrons. The van der Waals surface area contributed by atoms with Crippen molar-refractivity contribution in [1.82, 2.24) is 31.7 Å². The molecule has 1 aliphatic heterocycles. The Morgan fingerprint density at radius 2 is 1.68 bits per heavy atom. The van der Waals surface area contributed by atoms with Crippen molar-refractivity contribution in [2.75, 3.05) is 19.6 Å². The van der Waals surface area contributed by atoms with Crippen LogP contribution in [0.3, 0.4) is 0 Å². The first kappa shape index (κ1) is 32.3. The summed E-state index contributed by atoms with van der Waals surface area (Å²) in [4.78, 5) is 80.5. The van der Waals surface area contributed by atoms with E-state index in [-0.39, 0.29) is 25.3 Å². The van der Waals surface area contributed by atoms with Crippen molar-refractivity contribution < 1.29 is 33.9 Å². The maximum absolute atomic E-state index is 13.4. The van der Waals surface area contributed by atoms with E-state index in [0.29, 0.717) is 17.0 Å². The molecule has 2 rings (SSSR count). The highest BCUT2D eigenvalue weighted by Gasteiger charge is 2.33. The molecule has 1 saturated heterocycles. The van der Waals surface area contributed by atoms with E-state index in [2.05, 4.69) is 31.7 Å². The quantitative estimate of drug-likeness (QED) is 0.0881. The number of hydrogen-bond acceptors (Lipinski definition) is 7. The summed E-state index contributed by atoms with van der Waals surface area (Å²) in [7, 11) is 0. The van der Waals surface area contributed by atoms with Crippen molar-refractivity contribution in [3.8, 4) is 0 Å². The molecular weight excluding hydrogens is 538 g/mol. The molecule has 1 aromatic carbocycles. The van der Waals surface area contributed by atoms with E-state index in [0.717, 1.165) is 0 Å². The molecule has 1 heterocycles. The number of hydrogen-bond donors (Lipinski definition) is 8. The number of nitrogens with zero attached hydrogens (tertiary/aromatic N) is 2. The van der Waals surface area contributed by atoms with Gasteiger partial charge in [-0.25, -0.2) is 9.80 Å². The van der Waals surface area contributed by atoms with Crippen LogP contribution in [0.4, 0.5) is 4.79 Å². The lowest BCUT2D eigenvalue weighted by Crippen LogP contribution is -2.60. The monoisotopic (exact) mass is 575 g/mol. The summed E-state index contributed by atoms with van der Waals surface area (Å²) in [6, 6.07) is 4.12. The molecule has 0 unspecified atom stereocenters. The molecular formula is C25H37N9O7. The van der Waals surface area contributed by atoms with Crippen LogP contribution in [-0.2, 0) is 30.4 Å². The van der Waals surface area contributed by atoms with E-state index in [4.69, 9.17) is 11.5 Å².